The fourth-order valence-electron chi connectivity index (χ4n) is 2.24. The molecule has 0 spiro atoms. The average molecular weight is 228 g/mol. The van der Waals surface area contributed by atoms with Crippen molar-refractivity contribution in [1.29, 1.82) is 0 Å². The topological polar surface area (TPSA) is 55.6 Å². The van der Waals surface area contributed by atoms with Gasteiger partial charge in [-0.2, -0.15) is 0 Å². The molecule has 2 N–H and O–H groups in total. The Bertz CT molecular complexity index is 209. The summed E-state index contributed by atoms with van der Waals surface area (Å²) in [4.78, 5) is 13.9. The molecule has 1 unspecified atom stereocenters. The number of carbonyl (C=O) groups is 1. The van der Waals surface area contributed by atoms with Gasteiger partial charge in [0, 0.05) is 39.3 Å². The molecule has 0 aromatic rings. The summed E-state index contributed by atoms with van der Waals surface area (Å²) < 4.78 is 4.97. The van der Waals surface area contributed by atoms with E-state index in [2.05, 4.69) is 0 Å². The van der Waals surface area contributed by atoms with E-state index in [0.717, 1.165) is 38.8 Å². The second kappa shape index (κ2) is 7.63. The molecule has 4 heteroatoms. The molecule has 1 aliphatic rings. The molecule has 4 nitrogen and oxygen atoms in total. The molecule has 1 fully saturated rings. The van der Waals surface area contributed by atoms with Crippen LogP contribution in [0.25, 0.3) is 0 Å². The normalized spacial score (nSPS) is 21.1. The summed E-state index contributed by atoms with van der Waals surface area (Å²) in [7, 11) is 1.69. The quantitative estimate of drug-likeness (QED) is 0.694. The Morgan fingerprint density at radius 2 is 2.25 bits per heavy atom. The first kappa shape index (κ1) is 13.5. The number of hydrogen-bond acceptors (Lipinski definition) is 3. The number of nitrogens with zero attached hydrogens (tertiary/aromatic N) is 1. The van der Waals surface area contributed by atoms with Crippen molar-refractivity contribution in [2.45, 2.75) is 44.6 Å². The Kier molecular flexibility index (Phi) is 6.42. The SMILES string of the molecule is COCCCCC(=O)N1CCCCC1CN. The van der Waals surface area contributed by atoms with E-state index in [1.165, 1.54) is 6.42 Å². The van der Waals surface area contributed by atoms with Crippen LogP contribution in [-0.2, 0) is 9.53 Å². The van der Waals surface area contributed by atoms with E-state index in [9.17, 15) is 4.79 Å². The van der Waals surface area contributed by atoms with Crippen LogP contribution in [0.2, 0.25) is 0 Å². The minimum absolute atomic E-state index is 0.270. The predicted molar refractivity (Wildman–Crippen MR) is 64.1 cm³/mol. The largest absolute Gasteiger partial charge is 0.385 e. The number of hydrogen-bond donors (Lipinski definition) is 1. The molecule has 0 aromatic heterocycles. The highest BCUT2D eigenvalue weighted by molar-refractivity contribution is 5.76. The second-order valence-corrected chi connectivity index (χ2v) is 4.42. The molecule has 0 aliphatic carbocycles. The lowest BCUT2D eigenvalue weighted by atomic mass is 10.0. The van der Waals surface area contributed by atoms with E-state index in [-0.39, 0.29) is 11.9 Å². The molecule has 0 bridgehead atoms. The van der Waals surface area contributed by atoms with Crippen LogP contribution in [0, 0.1) is 0 Å². The summed E-state index contributed by atoms with van der Waals surface area (Å²) in [6.07, 6.45) is 5.92. The van der Waals surface area contributed by atoms with Gasteiger partial charge in [0.05, 0.1) is 0 Å². The molecule has 1 heterocycles. The molecule has 0 saturated carbocycles. The molecule has 1 rings (SSSR count). The van der Waals surface area contributed by atoms with E-state index in [4.69, 9.17) is 10.5 Å². The van der Waals surface area contributed by atoms with Crippen molar-refractivity contribution in [3.63, 3.8) is 0 Å². The number of rotatable bonds is 6. The highest BCUT2D eigenvalue weighted by Gasteiger charge is 2.24. The lowest BCUT2D eigenvalue weighted by Gasteiger charge is -2.35. The molecule has 94 valence electrons. The van der Waals surface area contributed by atoms with E-state index in [0.29, 0.717) is 13.0 Å². The molecule has 16 heavy (non-hydrogen) atoms. The van der Waals surface area contributed by atoms with Gasteiger partial charge in [0.2, 0.25) is 5.91 Å². The van der Waals surface area contributed by atoms with Crippen molar-refractivity contribution >= 4 is 5.91 Å². The number of methoxy groups -OCH3 is 1. The highest BCUT2D eigenvalue weighted by atomic mass is 16.5. The maximum atomic E-state index is 12.0. The number of nitrogens with two attached hydrogens (primary N) is 1. The summed E-state index contributed by atoms with van der Waals surface area (Å²) in [6, 6.07) is 0.281. The van der Waals surface area contributed by atoms with Crippen LogP contribution in [-0.4, -0.2) is 43.7 Å². The minimum Gasteiger partial charge on any atom is -0.385 e. The number of likely N-dealkylation sites (tertiary alicyclic amines) is 1. The molecule has 1 saturated heterocycles. The van der Waals surface area contributed by atoms with Gasteiger partial charge in [0.1, 0.15) is 0 Å². The van der Waals surface area contributed by atoms with E-state index in [1.54, 1.807) is 7.11 Å². The number of carbonyl (C=O) groups excluding carboxylic acids is 1. The summed E-state index contributed by atoms with van der Waals surface area (Å²) >= 11 is 0. The van der Waals surface area contributed by atoms with Crippen molar-refractivity contribution in [3.05, 3.63) is 0 Å². The Balaban J connectivity index is 2.27. The van der Waals surface area contributed by atoms with Crippen molar-refractivity contribution in [3.8, 4) is 0 Å². The third kappa shape index (κ3) is 4.10. The first-order valence-corrected chi connectivity index (χ1v) is 6.28. The van der Waals surface area contributed by atoms with Crippen molar-refractivity contribution in [1.82, 2.24) is 4.90 Å². The first-order valence-electron chi connectivity index (χ1n) is 6.28. The van der Waals surface area contributed by atoms with E-state index >= 15 is 0 Å². The summed E-state index contributed by atoms with van der Waals surface area (Å²) in [5, 5.41) is 0. The molecule has 1 amide bonds. The third-order valence-corrected chi connectivity index (χ3v) is 3.21. The van der Waals surface area contributed by atoms with Crippen LogP contribution >= 0.6 is 0 Å². The van der Waals surface area contributed by atoms with Crippen LogP contribution in [0.1, 0.15) is 38.5 Å². The zero-order valence-corrected chi connectivity index (χ0v) is 10.3. The van der Waals surface area contributed by atoms with Crippen LogP contribution in [0.15, 0.2) is 0 Å². The smallest absolute Gasteiger partial charge is 0.222 e. The Labute approximate surface area is 98.1 Å². The maximum absolute atomic E-state index is 12.0. The van der Waals surface area contributed by atoms with E-state index in [1.807, 2.05) is 4.90 Å². The molecule has 0 radical (unpaired) electrons. The van der Waals surface area contributed by atoms with E-state index < -0.39 is 0 Å². The number of piperidine rings is 1. The average Bonchev–Trinajstić information content (AvgIpc) is 2.34. The summed E-state index contributed by atoms with van der Waals surface area (Å²) in [5.74, 6) is 0.270. The lowest BCUT2D eigenvalue weighted by Crippen LogP contribution is -2.47. The van der Waals surface area contributed by atoms with Crippen molar-refractivity contribution in [2.75, 3.05) is 26.8 Å². The monoisotopic (exact) mass is 228 g/mol. The van der Waals surface area contributed by atoms with Gasteiger partial charge in [-0.05, 0) is 32.1 Å². The first-order chi connectivity index (χ1) is 7.79. The van der Waals surface area contributed by atoms with Gasteiger partial charge in [-0.15, -0.1) is 0 Å². The van der Waals surface area contributed by atoms with Crippen molar-refractivity contribution < 1.29 is 9.53 Å². The molecular formula is C12H24N2O2. The van der Waals surface area contributed by atoms with Crippen LogP contribution in [0.5, 0.6) is 0 Å². The summed E-state index contributed by atoms with van der Waals surface area (Å²) in [5.41, 5.74) is 5.69. The molecule has 1 atom stereocenters. The van der Waals surface area contributed by atoms with Crippen LogP contribution < -0.4 is 5.73 Å². The predicted octanol–water partition coefficient (Wildman–Crippen LogP) is 1.14. The second-order valence-electron chi connectivity index (χ2n) is 4.42. The van der Waals surface area contributed by atoms with Gasteiger partial charge in [-0.1, -0.05) is 0 Å². The molecule has 0 aromatic carbocycles. The molecule has 1 aliphatic heterocycles. The number of amides is 1. The van der Waals surface area contributed by atoms with Gasteiger partial charge in [-0.25, -0.2) is 0 Å². The highest BCUT2D eigenvalue weighted by Crippen LogP contribution is 2.17. The third-order valence-electron chi connectivity index (χ3n) is 3.21. The van der Waals surface area contributed by atoms with Gasteiger partial charge in [-0.3, -0.25) is 4.79 Å². The maximum Gasteiger partial charge on any atom is 0.222 e. The fourth-order valence-corrected chi connectivity index (χ4v) is 2.24. The molecular weight excluding hydrogens is 204 g/mol. The fraction of sp³-hybridized carbons (Fsp3) is 0.917. The van der Waals surface area contributed by atoms with Crippen molar-refractivity contribution in [2.24, 2.45) is 5.73 Å². The zero-order chi connectivity index (χ0) is 11.8. The number of ether oxygens (including phenoxy) is 1. The zero-order valence-electron chi connectivity index (χ0n) is 10.3. The van der Waals surface area contributed by atoms with Gasteiger partial charge in [0.25, 0.3) is 0 Å². The lowest BCUT2D eigenvalue weighted by molar-refractivity contribution is -0.134. The van der Waals surface area contributed by atoms with Gasteiger partial charge >= 0.3 is 0 Å². The standard InChI is InChI=1S/C12H24N2O2/c1-16-9-5-3-7-12(15)14-8-4-2-6-11(14)10-13/h11H,2-10,13H2,1H3. The Morgan fingerprint density at radius 1 is 1.44 bits per heavy atom. The van der Waals surface area contributed by atoms with Gasteiger partial charge < -0.3 is 15.4 Å². The summed E-state index contributed by atoms with van der Waals surface area (Å²) in [6.45, 7) is 2.24. The Morgan fingerprint density at radius 3 is 2.94 bits per heavy atom. The van der Waals surface area contributed by atoms with Crippen LogP contribution in [0.3, 0.4) is 0 Å². The number of unbranched alkanes of at least 4 members (excludes halogenated alkanes) is 1. The Hall–Kier alpha value is -0.610. The van der Waals surface area contributed by atoms with Crippen LogP contribution in [0.4, 0.5) is 0 Å². The van der Waals surface area contributed by atoms with Gasteiger partial charge in [0.15, 0.2) is 0 Å². The minimum atomic E-state index is 0.270.